The molecule has 34 heteroatoms. The highest BCUT2D eigenvalue weighted by Gasteiger charge is 2.35. The van der Waals surface area contributed by atoms with Crippen molar-refractivity contribution in [2.24, 2.45) is 22.2 Å². The molecule has 0 unspecified atom stereocenters. The quantitative estimate of drug-likeness (QED) is 0.0130. The highest BCUT2D eigenvalue weighted by Crippen LogP contribution is 2.13. The van der Waals surface area contributed by atoms with E-state index in [1.165, 1.54) is 31.2 Å². The van der Waals surface area contributed by atoms with Gasteiger partial charge in [-0.05, 0) is 50.8 Å². The fourth-order valence-electron chi connectivity index (χ4n) is 6.33. The van der Waals surface area contributed by atoms with Crippen LogP contribution in [0.4, 0.5) is 0 Å². The Bertz CT molecular complexity index is 2280. The van der Waals surface area contributed by atoms with E-state index in [9.17, 15) is 83.1 Å². The lowest BCUT2D eigenvalue weighted by molar-refractivity contribution is -0.141. The zero-order valence-corrected chi connectivity index (χ0v) is 45.1. The molecule has 0 saturated carbocycles. The van der Waals surface area contributed by atoms with Crippen LogP contribution in [0.1, 0.15) is 51.5 Å². The molecule has 0 fully saturated rings. The second kappa shape index (κ2) is 34.8. The van der Waals surface area contributed by atoms with Gasteiger partial charge in [0.05, 0.1) is 12.5 Å². The number of hydrogen-bond donors (Lipinski definition) is 21. The summed E-state index contributed by atoms with van der Waals surface area (Å²) in [4.78, 5) is 159. The molecule has 0 saturated heterocycles. The van der Waals surface area contributed by atoms with E-state index in [-0.39, 0.29) is 49.0 Å². The number of nitrogens with zero attached hydrogens (tertiary/aromatic N) is 1. The molecule has 1 rings (SSSR count). The van der Waals surface area contributed by atoms with E-state index < -0.39 is 168 Å². The number of aliphatic imine (C=N–C) groups is 1. The molecule has 0 aliphatic carbocycles. The number of aliphatic hydroxyl groups excluding tert-OH is 1. The smallest absolute Gasteiger partial charge is 0.327 e. The molecule has 0 radical (unpaired) electrons. The fraction of sp³-hybridized carbons (Fsp3) is 0.558. The minimum atomic E-state index is -1.92. The Morgan fingerprint density at radius 3 is 1.35 bits per heavy atom. The Morgan fingerprint density at radius 2 is 0.909 bits per heavy atom. The van der Waals surface area contributed by atoms with Crippen molar-refractivity contribution >= 4 is 128 Å². The zero-order valence-electron chi connectivity index (χ0n) is 41.5. The Labute approximate surface area is 462 Å². The van der Waals surface area contributed by atoms with Gasteiger partial charge in [0.15, 0.2) is 5.96 Å². The number of rotatable bonds is 35. The van der Waals surface area contributed by atoms with Gasteiger partial charge in [-0.15, -0.1) is 0 Å². The summed E-state index contributed by atoms with van der Waals surface area (Å²) in [5.74, 6) is -16.0. The third-order valence-corrected chi connectivity index (χ3v) is 12.2. The van der Waals surface area contributed by atoms with Gasteiger partial charge in [-0.25, -0.2) is 4.79 Å². The number of hydrogen-bond acceptors (Lipinski definition) is 20. The Kier molecular flexibility index (Phi) is 30.9. The fourth-order valence-corrected chi connectivity index (χ4v) is 7.35. The summed E-state index contributed by atoms with van der Waals surface area (Å²) < 4.78 is 0. The number of carboxylic acid groups (broad SMARTS) is 3. The van der Waals surface area contributed by atoms with Crippen molar-refractivity contribution in [3.8, 4) is 5.75 Å². The largest absolute Gasteiger partial charge is 0.508 e. The van der Waals surface area contributed by atoms with Crippen molar-refractivity contribution < 1.29 is 83.1 Å². The minimum absolute atomic E-state index is 0.0183. The summed E-state index contributed by atoms with van der Waals surface area (Å²) in [6.07, 6.45) is -4.03. The number of carboxylic acids is 3. The first kappa shape index (κ1) is 68.3. The maximum Gasteiger partial charge on any atom is 0.327 e. The Balaban J connectivity index is 3.32. The Hall–Kier alpha value is -6.75. The van der Waals surface area contributed by atoms with Gasteiger partial charge < -0.3 is 90.6 Å². The molecular weight excluding hydrogens is 1100 g/mol. The molecule has 0 aliphatic heterocycles. The normalized spacial score (nSPS) is 15.2. The molecule has 0 spiro atoms. The topological polar surface area (TPSA) is 505 Å². The van der Waals surface area contributed by atoms with Gasteiger partial charge >= 0.3 is 17.9 Å². The maximum atomic E-state index is 13.8. The van der Waals surface area contributed by atoms with Crippen LogP contribution in [-0.4, -0.2) is 199 Å². The van der Waals surface area contributed by atoms with Crippen LogP contribution in [0.3, 0.4) is 0 Å². The molecular formula is C43H67N13O17S4. The average molecular weight is 1170 g/mol. The molecule has 11 atom stereocenters. The summed E-state index contributed by atoms with van der Waals surface area (Å²) >= 11 is 16.2. The van der Waals surface area contributed by atoms with Crippen molar-refractivity contribution in [3.63, 3.8) is 0 Å². The number of nitrogens with two attached hydrogens (primary N) is 3. The third kappa shape index (κ3) is 25.3. The highest BCUT2D eigenvalue weighted by molar-refractivity contribution is 7.80. The number of carbonyl (C=O) groups is 12. The number of aromatic hydroxyl groups is 1. The van der Waals surface area contributed by atoms with Gasteiger partial charge in [0, 0.05) is 42.4 Å². The first-order valence-electron chi connectivity index (χ1n) is 23.2. The number of aliphatic hydroxyl groups is 1. The van der Waals surface area contributed by atoms with E-state index in [0.717, 1.165) is 6.92 Å². The number of thiol groups is 4. The van der Waals surface area contributed by atoms with E-state index in [0.29, 0.717) is 5.56 Å². The van der Waals surface area contributed by atoms with Gasteiger partial charge in [-0.1, -0.05) is 12.1 Å². The van der Waals surface area contributed by atoms with Gasteiger partial charge in [-0.2, -0.15) is 50.5 Å². The predicted molar refractivity (Wildman–Crippen MR) is 287 cm³/mol. The molecule has 0 aliphatic rings. The number of nitrogens with one attached hydrogen (secondary N) is 9. The molecule has 20 N–H and O–H groups in total. The molecule has 9 amide bonds. The van der Waals surface area contributed by atoms with Crippen molar-refractivity contribution in [3.05, 3.63) is 29.8 Å². The minimum Gasteiger partial charge on any atom is -0.508 e. The van der Waals surface area contributed by atoms with Crippen LogP contribution >= 0.6 is 50.5 Å². The van der Waals surface area contributed by atoms with E-state index in [4.69, 9.17) is 17.2 Å². The number of carbonyl (C=O) groups excluding carboxylic acids is 9. The Morgan fingerprint density at radius 1 is 0.519 bits per heavy atom. The van der Waals surface area contributed by atoms with Crippen molar-refractivity contribution in [2.45, 2.75) is 119 Å². The summed E-state index contributed by atoms with van der Waals surface area (Å²) in [5, 5.41) is 68.4. The zero-order chi connectivity index (χ0) is 58.7. The van der Waals surface area contributed by atoms with Gasteiger partial charge in [0.2, 0.25) is 53.2 Å². The molecule has 1 aromatic rings. The molecule has 77 heavy (non-hydrogen) atoms. The summed E-state index contributed by atoms with van der Waals surface area (Å²) in [6.45, 7) is 2.28. The van der Waals surface area contributed by atoms with Crippen LogP contribution in [0.5, 0.6) is 5.75 Å². The molecule has 30 nitrogen and oxygen atoms in total. The molecule has 0 aromatic heterocycles. The number of aliphatic carboxylic acids is 3. The van der Waals surface area contributed by atoms with Crippen molar-refractivity contribution in [1.82, 2.24) is 47.9 Å². The summed E-state index contributed by atoms with van der Waals surface area (Å²) in [5.41, 5.74) is 16.8. The van der Waals surface area contributed by atoms with Gasteiger partial charge in [0.25, 0.3) is 0 Å². The van der Waals surface area contributed by atoms with E-state index in [1.807, 2.05) is 0 Å². The molecule has 430 valence electrons. The predicted octanol–water partition coefficient (Wildman–Crippen LogP) is -6.78. The molecule has 0 heterocycles. The van der Waals surface area contributed by atoms with E-state index in [2.05, 4.69) is 103 Å². The first-order chi connectivity index (χ1) is 36.1. The van der Waals surface area contributed by atoms with E-state index >= 15 is 0 Å². The van der Waals surface area contributed by atoms with Crippen LogP contribution in [0.15, 0.2) is 29.3 Å². The number of amides is 9. The number of guanidine groups is 1. The highest BCUT2D eigenvalue weighted by atomic mass is 32.1. The van der Waals surface area contributed by atoms with Crippen molar-refractivity contribution in [1.29, 1.82) is 0 Å². The number of benzene rings is 1. The van der Waals surface area contributed by atoms with Crippen LogP contribution < -0.4 is 65.1 Å². The van der Waals surface area contributed by atoms with E-state index in [1.54, 1.807) is 0 Å². The second-order valence-corrected chi connectivity index (χ2v) is 18.4. The van der Waals surface area contributed by atoms with Crippen LogP contribution in [0.25, 0.3) is 0 Å². The lowest BCUT2D eigenvalue weighted by Crippen LogP contribution is -2.61. The standard InChI is InChI=1S/C43H67N13O17S4/c1-18(33(63)51-25(13-31(61)62)37(67)54-27(15-75)40(70)52-24(12-20-5-7-21(58)8-6-20)36(66)56-29(17-77)42(72)73)48-34(64)22(4-3-11-47-43(45)46)49-38(68)26(14-74)53-35(65)23(9-10-30(59)60)50-39(69)28(16-76)55-41(71)32(44)19(2)57/h5-8,18-19,22-29,32,57-58,74-77H,3-4,9-17,44H2,1-2H3,(H,48,64)(H,49,68)(H,50,69)(H,51,63)(H,52,70)(H,53,65)(H,54,67)(H,55,71)(H,56,66)(H,59,60)(H,61,62)(H,72,73)(H4,45,46,47)/t18-,19+,22-,23-,24-,25-,26-,27-,28-,29-,32-/m0/s1. The summed E-state index contributed by atoms with van der Waals surface area (Å²) in [7, 11) is 0. The second-order valence-electron chi connectivity index (χ2n) is 16.9. The number of phenols is 1. The number of phenolic OH excluding ortho intramolecular Hbond substituents is 1. The average Bonchev–Trinajstić information content (AvgIpc) is 3.36. The van der Waals surface area contributed by atoms with Crippen LogP contribution in [0, 0.1) is 0 Å². The molecule has 1 aromatic carbocycles. The lowest BCUT2D eigenvalue weighted by atomic mass is 10.0. The maximum absolute atomic E-state index is 13.8. The lowest BCUT2D eigenvalue weighted by Gasteiger charge is -2.27. The van der Waals surface area contributed by atoms with Gasteiger partial charge in [0.1, 0.15) is 66.2 Å². The van der Waals surface area contributed by atoms with Crippen LogP contribution in [0.2, 0.25) is 0 Å². The summed E-state index contributed by atoms with van der Waals surface area (Å²) in [6, 6.07) is -10.3. The first-order valence-corrected chi connectivity index (χ1v) is 25.7. The van der Waals surface area contributed by atoms with Crippen LogP contribution in [-0.2, 0) is 64.0 Å². The molecule has 0 bridgehead atoms. The SMILES string of the molecule is C[C@H](NC(=O)[C@H](CCCN=C(N)N)NC(=O)[C@H](CS)NC(=O)[C@H](CCC(=O)O)NC(=O)[C@H](CS)NC(=O)[C@@H](N)[C@@H](C)O)C(=O)N[C@@H](CC(=O)O)C(=O)N[C@@H](CS)C(=O)N[C@@H](Cc1ccc(O)cc1)C(=O)N[C@@H](CS)C(=O)O. The van der Waals surface area contributed by atoms with Crippen molar-refractivity contribution in [2.75, 3.05) is 29.6 Å². The van der Waals surface area contributed by atoms with Gasteiger partial charge in [-0.3, -0.25) is 57.7 Å². The monoisotopic (exact) mass is 1170 g/mol. The third-order valence-electron chi connectivity index (χ3n) is 10.7.